The Kier molecular flexibility index (Phi) is 5.49. The number of methoxy groups -OCH3 is 1. The average Bonchev–Trinajstić information content (AvgIpc) is 2.68. The highest BCUT2D eigenvalue weighted by Gasteiger charge is 2.18. The van der Waals surface area contributed by atoms with Gasteiger partial charge in [0.2, 0.25) is 0 Å². The first-order valence-electron chi connectivity index (χ1n) is 8.06. The summed E-state index contributed by atoms with van der Waals surface area (Å²) in [7, 11) is 1.07. The number of anilines is 1. The molecular weight excluding hydrogens is 375 g/mol. The zero-order valence-corrected chi connectivity index (χ0v) is 14.6. The highest BCUT2D eigenvalue weighted by atomic mass is 19.2. The fraction of sp³-hybridized carbons (Fsp3) is 0.100. The molecule has 3 aromatic rings. The van der Waals surface area contributed by atoms with E-state index in [-0.39, 0.29) is 23.7 Å². The summed E-state index contributed by atoms with van der Waals surface area (Å²) in [5.74, 6) is -3.81. The number of nitrogens with one attached hydrogen (secondary N) is 1. The summed E-state index contributed by atoms with van der Waals surface area (Å²) in [5, 5.41) is 3.64. The van der Waals surface area contributed by atoms with Crippen LogP contribution < -0.4 is 5.32 Å². The molecule has 0 unspecified atom stereocenters. The van der Waals surface area contributed by atoms with E-state index in [1.165, 1.54) is 12.1 Å². The summed E-state index contributed by atoms with van der Waals surface area (Å²) in [6.07, 6.45) is -0.977. The molecule has 144 valence electrons. The molecule has 0 bridgehead atoms. The first-order valence-corrected chi connectivity index (χ1v) is 8.06. The summed E-state index contributed by atoms with van der Waals surface area (Å²) in [6, 6.07) is 10.6. The van der Waals surface area contributed by atoms with Gasteiger partial charge >= 0.3 is 12.1 Å². The lowest BCUT2D eigenvalue weighted by atomic mass is 10.1. The van der Waals surface area contributed by atoms with Crippen molar-refractivity contribution >= 4 is 28.5 Å². The first kappa shape index (κ1) is 19.2. The molecule has 28 heavy (non-hydrogen) atoms. The van der Waals surface area contributed by atoms with E-state index in [9.17, 15) is 22.8 Å². The Morgan fingerprint density at radius 2 is 1.61 bits per heavy atom. The third-order valence-electron chi connectivity index (χ3n) is 3.94. The zero-order valence-electron chi connectivity index (χ0n) is 14.6. The summed E-state index contributed by atoms with van der Waals surface area (Å²) < 4.78 is 49.6. The Morgan fingerprint density at radius 3 is 2.36 bits per heavy atom. The van der Waals surface area contributed by atoms with Gasteiger partial charge in [-0.1, -0.05) is 18.2 Å². The lowest BCUT2D eigenvalue weighted by molar-refractivity contribution is 0.0601. The molecule has 0 spiro atoms. The normalized spacial score (nSPS) is 10.6. The monoisotopic (exact) mass is 389 g/mol. The largest absolute Gasteiger partial charge is 0.465 e. The third kappa shape index (κ3) is 4.22. The lowest BCUT2D eigenvalue weighted by Gasteiger charge is -2.11. The number of halogens is 3. The van der Waals surface area contributed by atoms with Gasteiger partial charge < -0.3 is 9.47 Å². The van der Waals surface area contributed by atoms with E-state index in [1.807, 2.05) is 0 Å². The van der Waals surface area contributed by atoms with Crippen molar-refractivity contribution < 1.29 is 32.2 Å². The second-order valence-corrected chi connectivity index (χ2v) is 5.83. The van der Waals surface area contributed by atoms with E-state index >= 15 is 0 Å². The summed E-state index contributed by atoms with van der Waals surface area (Å²) in [4.78, 5) is 23.7. The van der Waals surface area contributed by atoms with Crippen LogP contribution in [0.4, 0.5) is 23.7 Å². The minimum atomic E-state index is -1.26. The van der Waals surface area contributed by atoms with Crippen molar-refractivity contribution in [2.75, 3.05) is 12.4 Å². The van der Waals surface area contributed by atoms with Gasteiger partial charge in [0.1, 0.15) is 12.4 Å². The van der Waals surface area contributed by atoms with E-state index < -0.39 is 23.7 Å². The molecule has 0 radical (unpaired) electrons. The van der Waals surface area contributed by atoms with Crippen LogP contribution in [0.1, 0.15) is 15.9 Å². The number of hydrogen-bond acceptors (Lipinski definition) is 4. The number of benzene rings is 3. The molecule has 3 rings (SSSR count). The quantitative estimate of drug-likeness (QED) is 0.652. The van der Waals surface area contributed by atoms with Gasteiger partial charge in [0, 0.05) is 6.07 Å². The standard InChI is InChI=1S/C20H14F3NO4/c1-27-19(25)15-8-16(22)17(23)9-18(15)24-20(26)28-10-11-2-3-13-7-14(21)5-4-12(13)6-11/h2-9H,10H2,1H3,(H,24,26). The summed E-state index contributed by atoms with van der Waals surface area (Å²) >= 11 is 0. The second-order valence-electron chi connectivity index (χ2n) is 5.83. The maximum atomic E-state index is 13.5. The summed E-state index contributed by atoms with van der Waals surface area (Å²) in [5.41, 5.74) is -0.0106. The molecular formula is C20H14F3NO4. The highest BCUT2D eigenvalue weighted by Crippen LogP contribution is 2.22. The molecule has 0 saturated heterocycles. The van der Waals surface area contributed by atoms with Crippen LogP contribution in [0.15, 0.2) is 48.5 Å². The second kappa shape index (κ2) is 7.99. The maximum Gasteiger partial charge on any atom is 0.411 e. The SMILES string of the molecule is COC(=O)c1cc(F)c(F)cc1NC(=O)OCc1ccc2cc(F)ccc2c1. The molecule has 0 fully saturated rings. The molecule has 0 aliphatic rings. The number of fused-ring (bicyclic) bond motifs is 1. The van der Waals surface area contributed by atoms with Crippen molar-refractivity contribution in [3.63, 3.8) is 0 Å². The van der Waals surface area contributed by atoms with Gasteiger partial charge in [0.25, 0.3) is 0 Å². The van der Waals surface area contributed by atoms with Gasteiger partial charge in [0.15, 0.2) is 11.6 Å². The highest BCUT2D eigenvalue weighted by molar-refractivity contribution is 5.99. The Hall–Kier alpha value is -3.55. The van der Waals surface area contributed by atoms with Crippen molar-refractivity contribution in [2.45, 2.75) is 6.61 Å². The minimum absolute atomic E-state index is 0.129. The summed E-state index contributed by atoms with van der Waals surface area (Å²) in [6.45, 7) is -0.129. The molecule has 0 atom stereocenters. The van der Waals surface area contributed by atoms with Gasteiger partial charge in [-0.2, -0.15) is 0 Å². The lowest BCUT2D eigenvalue weighted by Crippen LogP contribution is -2.17. The van der Waals surface area contributed by atoms with E-state index in [0.29, 0.717) is 23.1 Å². The maximum absolute atomic E-state index is 13.5. The molecule has 5 nitrogen and oxygen atoms in total. The van der Waals surface area contributed by atoms with Crippen LogP contribution in [0.2, 0.25) is 0 Å². The molecule has 1 amide bonds. The molecule has 0 aromatic heterocycles. The molecule has 0 aliphatic carbocycles. The van der Waals surface area contributed by atoms with E-state index in [0.717, 1.165) is 12.5 Å². The van der Waals surface area contributed by atoms with Crippen molar-refractivity contribution in [2.24, 2.45) is 0 Å². The van der Waals surface area contributed by atoms with Gasteiger partial charge in [-0.25, -0.2) is 22.8 Å². The zero-order chi connectivity index (χ0) is 20.3. The van der Waals surface area contributed by atoms with Crippen LogP contribution in [-0.4, -0.2) is 19.2 Å². The van der Waals surface area contributed by atoms with Crippen molar-refractivity contribution in [3.8, 4) is 0 Å². The first-order chi connectivity index (χ1) is 13.4. The van der Waals surface area contributed by atoms with Crippen LogP contribution in [0.3, 0.4) is 0 Å². The molecule has 0 heterocycles. The minimum Gasteiger partial charge on any atom is -0.465 e. The third-order valence-corrected chi connectivity index (χ3v) is 3.94. The van der Waals surface area contributed by atoms with Gasteiger partial charge in [0.05, 0.1) is 18.4 Å². The van der Waals surface area contributed by atoms with Gasteiger partial charge in [-0.15, -0.1) is 0 Å². The van der Waals surface area contributed by atoms with Crippen molar-refractivity contribution in [3.05, 3.63) is 77.1 Å². The van der Waals surface area contributed by atoms with Crippen LogP contribution in [0.25, 0.3) is 10.8 Å². The van der Waals surface area contributed by atoms with E-state index in [2.05, 4.69) is 10.1 Å². The number of esters is 1. The Bertz CT molecular complexity index is 1070. The van der Waals surface area contributed by atoms with E-state index in [4.69, 9.17) is 4.74 Å². The number of amides is 1. The average molecular weight is 389 g/mol. The Labute approximate surface area is 157 Å². The number of hydrogen-bond donors (Lipinski definition) is 1. The van der Waals surface area contributed by atoms with Crippen LogP contribution in [-0.2, 0) is 16.1 Å². The number of carbonyl (C=O) groups excluding carboxylic acids is 2. The molecule has 3 aromatic carbocycles. The number of rotatable bonds is 4. The van der Waals surface area contributed by atoms with Crippen LogP contribution >= 0.6 is 0 Å². The fourth-order valence-electron chi connectivity index (χ4n) is 2.58. The Balaban J connectivity index is 1.72. The molecule has 0 saturated carbocycles. The van der Waals surface area contributed by atoms with Crippen molar-refractivity contribution in [1.29, 1.82) is 0 Å². The topological polar surface area (TPSA) is 64.6 Å². The van der Waals surface area contributed by atoms with Crippen LogP contribution in [0.5, 0.6) is 0 Å². The predicted octanol–water partition coefficient (Wildman–Crippen LogP) is 4.79. The Morgan fingerprint density at radius 1 is 0.929 bits per heavy atom. The van der Waals surface area contributed by atoms with Gasteiger partial charge in [-0.3, -0.25) is 5.32 Å². The van der Waals surface area contributed by atoms with Crippen LogP contribution in [0, 0.1) is 17.5 Å². The predicted molar refractivity (Wildman–Crippen MR) is 95.4 cm³/mol. The number of carbonyl (C=O) groups is 2. The van der Waals surface area contributed by atoms with E-state index in [1.54, 1.807) is 24.3 Å². The fourth-order valence-corrected chi connectivity index (χ4v) is 2.58. The van der Waals surface area contributed by atoms with Crippen molar-refractivity contribution in [1.82, 2.24) is 0 Å². The van der Waals surface area contributed by atoms with Gasteiger partial charge in [-0.05, 0) is 40.6 Å². The number of ether oxygens (including phenoxy) is 2. The molecule has 8 heteroatoms. The molecule has 0 aliphatic heterocycles. The molecule has 1 N–H and O–H groups in total. The smallest absolute Gasteiger partial charge is 0.411 e.